The van der Waals surface area contributed by atoms with Crippen LogP contribution in [0.5, 0.6) is 0 Å². The highest BCUT2D eigenvalue weighted by atomic mass is 16.4. The lowest BCUT2D eigenvalue weighted by molar-refractivity contribution is 0.0697. The van der Waals surface area contributed by atoms with E-state index in [4.69, 9.17) is 9.52 Å². The summed E-state index contributed by atoms with van der Waals surface area (Å²) in [5.41, 5.74) is 4.55. The summed E-state index contributed by atoms with van der Waals surface area (Å²) < 4.78 is 5.72. The molecule has 0 bridgehead atoms. The van der Waals surface area contributed by atoms with E-state index in [2.05, 4.69) is 4.98 Å². The molecule has 0 saturated carbocycles. The molecule has 1 aromatic heterocycles. The fourth-order valence-electron chi connectivity index (χ4n) is 2.16. The van der Waals surface area contributed by atoms with Gasteiger partial charge in [-0.1, -0.05) is 12.1 Å². The molecule has 0 radical (unpaired) electrons. The van der Waals surface area contributed by atoms with Gasteiger partial charge in [0.25, 0.3) is 0 Å². The van der Waals surface area contributed by atoms with Gasteiger partial charge in [0, 0.05) is 5.56 Å². The number of aromatic nitrogens is 1. The van der Waals surface area contributed by atoms with Gasteiger partial charge in [0.15, 0.2) is 5.58 Å². The van der Waals surface area contributed by atoms with Crippen molar-refractivity contribution in [2.24, 2.45) is 0 Å². The van der Waals surface area contributed by atoms with Crippen LogP contribution in [-0.4, -0.2) is 16.1 Å². The molecule has 3 aromatic rings. The van der Waals surface area contributed by atoms with Crippen LogP contribution < -0.4 is 0 Å². The van der Waals surface area contributed by atoms with E-state index in [-0.39, 0.29) is 5.56 Å². The summed E-state index contributed by atoms with van der Waals surface area (Å²) in [6.45, 7) is 4.05. The van der Waals surface area contributed by atoms with Crippen LogP contribution in [0.2, 0.25) is 0 Å². The van der Waals surface area contributed by atoms with Crippen molar-refractivity contribution < 1.29 is 14.3 Å². The van der Waals surface area contributed by atoms with Gasteiger partial charge >= 0.3 is 5.97 Å². The molecule has 1 N–H and O–H groups in total. The van der Waals surface area contributed by atoms with Crippen molar-refractivity contribution in [3.63, 3.8) is 0 Å². The van der Waals surface area contributed by atoms with Gasteiger partial charge in [-0.3, -0.25) is 0 Å². The number of oxazole rings is 1. The van der Waals surface area contributed by atoms with E-state index in [1.807, 2.05) is 32.0 Å². The quantitative estimate of drug-likeness (QED) is 0.766. The number of hydrogen-bond acceptors (Lipinski definition) is 3. The fourth-order valence-corrected chi connectivity index (χ4v) is 2.16. The molecule has 0 saturated heterocycles. The Bertz CT molecular complexity index is 818. The Morgan fingerprint density at radius 3 is 2.75 bits per heavy atom. The summed E-state index contributed by atoms with van der Waals surface area (Å²) in [4.78, 5) is 15.4. The molecular weight excluding hydrogens is 254 g/mol. The number of fused-ring (bicyclic) bond motifs is 1. The summed E-state index contributed by atoms with van der Waals surface area (Å²) >= 11 is 0. The zero-order valence-electron chi connectivity index (χ0n) is 11.2. The highest BCUT2D eigenvalue weighted by Crippen LogP contribution is 2.28. The summed E-state index contributed by atoms with van der Waals surface area (Å²) in [6.07, 6.45) is 0. The molecule has 0 aliphatic carbocycles. The van der Waals surface area contributed by atoms with Crippen molar-refractivity contribution in [1.82, 2.24) is 4.98 Å². The minimum absolute atomic E-state index is 0.207. The van der Waals surface area contributed by atoms with Crippen LogP contribution >= 0.6 is 0 Å². The first-order valence-electron chi connectivity index (χ1n) is 6.27. The Hall–Kier alpha value is -2.62. The summed E-state index contributed by atoms with van der Waals surface area (Å²) in [6, 6.07) is 10.6. The van der Waals surface area contributed by atoms with Gasteiger partial charge in [-0.25, -0.2) is 9.78 Å². The summed E-state index contributed by atoms with van der Waals surface area (Å²) in [5.74, 6) is -0.452. The van der Waals surface area contributed by atoms with Crippen LogP contribution in [0.1, 0.15) is 21.5 Å². The Morgan fingerprint density at radius 2 is 2.00 bits per heavy atom. The summed E-state index contributed by atoms with van der Waals surface area (Å²) in [7, 11) is 0. The van der Waals surface area contributed by atoms with E-state index in [1.165, 1.54) is 12.1 Å². The molecule has 1 heterocycles. The highest BCUT2D eigenvalue weighted by Gasteiger charge is 2.13. The van der Waals surface area contributed by atoms with E-state index in [9.17, 15) is 4.79 Å². The molecular formula is C16H13NO3. The maximum Gasteiger partial charge on any atom is 0.335 e. The first-order valence-corrected chi connectivity index (χ1v) is 6.27. The van der Waals surface area contributed by atoms with Gasteiger partial charge in [-0.15, -0.1) is 0 Å². The number of carboxylic acid groups (broad SMARTS) is 1. The van der Waals surface area contributed by atoms with Crippen LogP contribution in [0, 0.1) is 13.8 Å². The normalized spacial score (nSPS) is 10.9. The molecule has 0 unspecified atom stereocenters. The molecule has 4 heteroatoms. The van der Waals surface area contributed by atoms with Crippen molar-refractivity contribution in [1.29, 1.82) is 0 Å². The van der Waals surface area contributed by atoms with Crippen molar-refractivity contribution in [3.05, 3.63) is 53.1 Å². The lowest BCUT2D eigenvalue weighted by Gasteiger charge is -2.03. The largest absolute Gasteiger partial charge is 0.478 e. The average Bonchev–Trinajstić information content (AvgIpc) is 2.84. The molecule has 0 fully saturated rings. The number of hydrogen-bond donors (Lipinski definition) is 1. The third-order valence-electron chi connectivity index (χ3n) is 3.47. The fraction of sp³-hybridized carbons (Fsp3) is 0.125. The summed E-state index contributed by atoms with van der Waals surface area (Å²) in [5, 5.41) is 8.99. The average molecular weight is 267 g/mol. The molecule has 0 atom stereocenters. The zero-order valence-corrected chi connectivity index (χ0v) is 11.2. The minimum Gasteiger partial charge on any atom is -0.478 e. The van der Waals surface area contributed by atoms with Crippen LogP contribution in [-0.2, 0) is 0 Å². The first-order chi connectivity index (χ1) is 9.56. The van der Waals surface area contributed by atoms with Crippen molar-refractivity contribution in [3.8, 4) is 11.5 Å². The number of rotatable bonds is 2. The monoisotopic (exact) mass is 267 g/mol. The Labute approximate surface area is 115 Å². The topological polar surface area (TPSA) is 63.3 Å². The van der Waals surface area contributed by atoms with E-state index >= 15 is 0 Å². The minimum atomic E-state index is -0.969. The van der Waals surface area contributed by atoms with E-state index in [0.29, 0.717) is 17.0 Å². The molecule has 0 amide bonds. The SMILES string of the molecule is Cc1cccc(-c2nc3cc(C(=O)O)ccc3o2)c1C. The second kappa shape index (κ2) is 4.49. The lowest BCUT2D eigenvalue weighted by Crippen LogP contribution is -1.94. The van der Waals surface area contributed by atoms with Gasteiger partial charge in [0.2, 0.25) is 5.89 Å². The van der Waals surface area contributed by atoms with Gasteiger partial charge in [-0.2, -0.15) is 0 Å². The molecule has 4 nitrogen and oxygen atoms in total. The van der Waals surface area contributed by atoms with Gasteiger partial charge in [0.05, 0.1) is 5.56 Å². The van der Waals surface area contributed by atoms with Crippen LogP contribution in [0.15, 0.2) is 40.8 Å². The lowest BCUT2D eigenvalue weighted by atomic mass is 10.0. The number of benzene rings is 2. The zero-order chi connectivity index (χ0) is 14.3. The predicted octanol–water partition coefficient (Wildman–Crippen LogP) is 3.81. The Kier molecular flexibility index (Phi) is 2.79. The van der Waals surface area contributed by atoms with E-state index in [1.54, 1.807) is 6.07 Å². The number of aromatic carboxylic acids is 1. The van der Waals surface area contributed by atoms with Crippen LogP contribution in [0.4, 0.5) is 0 Å². The number of carbonyl (C=O) groups is 1. The third-order valence-corrected chi connectivity index (χ3v) is 3.47. The van der Waals surface area contributed by atoms with Crippen LogP contribution in [0.3, 0.4) is 0 Å². The molecule has 100 valence electrons. The Morgan fingerprint density at radius 1 is 1.20 bits per heavy atom. The van der Waals surface area contributed by atoms with Crippen LogP contribution in [0.25, 0.3) is 22.6 Å². The molecule has 0 aliphatic heterocycles. The maximum atomic E-state index is 11.0. The second-order valence-electron chi connectivity index (χ2n) is 4.75. The first kappa shape index (κ1) is 12.4. The third kappa shape index (κ3) is 1.95. The van der Waals surface area contributed by atoms with E-state index < -0.39 is 5.97 Å². The van der Waals surface area contributed by atoms with Crippen molar-refractivity contribution >= 4 is 17.1 Å². The molecule has 3 rings (SSSR count). The number of carboxylic acids is 1. The number of aryl methyl sites for hydroxylation is 1. The maximum absolute atomic E-state index is 11.0. The smallest absolute Gasteiger partial charge is 0.335 e. The standard InChI is InChI=1S/C16H13NO3/c1-9-4-3-5-12(10(9)2)15-17-13-8-11(16(18)19)6-7-14(13)20-15/h3-8H,1-2H3,(H,18,19). The van der Waals surface area contributed by atoms with Gasteiger partial charge < -0.3 is 9.52 Å². The molecule has 0 aliphatic rings. The molecule has 2 aromatic carbocycles. The van der Waals surface area contributed by atoms with Crippen molar-refractivity contribution in [2.75, 3.05) is 0 Å². The Balaban J connectivity index is 2.18. The van der Waals surface area contributed by atoms with E-state index in [0.717, 1.165) is 16.7 Å². The van der Waals surface area contributed by atoms with Gasteiger partial charge in [-0.05, 0) is 49.2 Å². The number of nitrogens with zero attached hydrogens (tertiary/aromatic N) is 1. The second-order valence-corrected chi connectivity index (χ2v) is 4.75. The predicted molar refractivity (Wildman–Crippen MR) is 75.9 cm³/mol. The highest BCUT2D eigenvalue weighted by molar-refractivity contribution is 5.92. The van der Waals surface area contributed by atoms with Gasteiger partial charge in [0.1, 0.15) is 5.52 Å². The molecule has 0 spiro atoms. The van der Waals surface area contributed by atoms with Crippen molar-refractivity contribution in [2.45, 2.75) is 13.8 Å². The molecule has 20 heavy (non-hydrogen) atoms.